The lowest BCUT2D eigenvalue weighted by molar-refractivity contribution is -0.130. The summed E-state index contributed by atoms with van der Waals surface area (Å²) in [6, 6.07) is 0. The summed E-state index contributed by atoms with van der Waals surface area (Å²) >= 11 is 0. The van der Waals surface area contributed by atoms with E-state index in [9.17, 15) is 4.79 Å². The van der Waals surface area contributed by atoms with E-state index in [4.69, 9.17) is 14.6 Å². The number of hydrogen-bond acceptors (Lipinski definition) is 5. The highest BCUT2D eigenvalue weighted by atomic mass is 16.6. The first kappa shape index (κ1) is 14.5. The standard InChI is InChI=1S/C16H24N2O4/c1-16-13-10-21-9-12(11(13)8-14(16)22-16)15(20)18-4-2-17(3-5-18)6-7-19/h9,11,13-14,19H,2-8,10H2,1H3. The van der Waals surface area contributed by atoms with E-state index >= 15 is 0 Å². The minimum absolute atomic E-state index is 0.0652. The fourth-order valence-corrected chi connectivity index (χ4v) is 4.34. The van der Waals surface area contributed by atoms with Gasteiger partial charge in [-0.15, -0.1) is 0 Å². The highest BCUT2D eigenvalue weighted by Gasteiger charge is 2.67. The molecule has 1 aliphatic carbocycles. The van der Waals surface area contributed by atoms with E-state index < -0.39 is 0 Å². The molecule has 3 aliphatic heterocycles. The van der Waals surface area contributed by atoms with Crippen molar-refractivity contribution >= 4 is 5.91 Å². The van der Waals surface area contributed by atoms with E-state index in [1.165, 1.54) is 0 Å². The molecule has 6 nitrogen and oxygen atoms in total. The molecule has 4 rings (SSSR count). The first-order chi connectivity index (χ1) is 10.6. The van der Waals surface area contributed by atoms with Gasteiger partial charge in [-0.25, -0.2) is 0 Å². The molecule has 1 saturated carbocycles. The number of ether oxygens (including phenoxy) is 2. The van der Waals surface area contributed by atoms with Crippen molar-refractivity contribution in [3.05, 3.63) is 11.8 Å². The SMILES string of the molecule is CC12OC1CC1C(C(=O)N3CCN(CCO)CC3)=COCC12. The first-order valence-electron chi connectivity index (χ1n) is 8.25. The number of epoxide rings is 1. The first-order valence-corrected chi connectivity index (χ1v) is 8.25. The molecule has 0 radical (unpaired) electrons. The summed E-state index contributed by atoms with van der Waals surface area (Å²) in [7, 11) is 0. The Morgan fingerprint density at radius 1 is 1.41 bits per heavy atom. The Morgan fingerprint density at radius 3 is 2.91 bits per heavy atom. The van der Waals surface area contributed by atoms with E-state index in [0.717, 1.165) is 38.2 Å². The molecule has 3 fully saturated rings. The predicted octanol–water partition coefficient (Wildman–Crippen LogP) is -0.169. The van der Waals surface area contributed by atoms with Crippen LogP contribution in [0.2, 0.25) is 0 Å². The van der Waals surface area contributed by atoms with Gasteiger partial charge >= 0.3 is 0 Å². The van der Waals surface area contributed by atoms with Crippen LogP contribution in [0, 0.1) is 11.8 Å². The van der Waals surface area contributed by atoms with Crippen LogP contribution in [0.1, 0.15) is 13.3 Å². The number of carbonyl (C=O) groups excluding carboxylic acids is 1. The van der Waals surface area contributed by atoms with E-state index in [1.807, 2.05) is 4.90 Å². The van der Waals surface area contributed by atoms with Crippen molar-refractivity contribution in [2.75, 3.05) is 45.9 Å². The second kappa shape index (κ2) is 5.22. The minimum atomic E-state index is -0.0652. The summed E-state index contributed by atoms with van der Waals surface area (Å²) in [4.78, 5) is 17.0. The number of piperazine rings is 1. The highest BCUT2D eigenvalue weighted by molar-refractivity contribution is 5.94. The zero-order valence-corrected chi connectivity index (χ0v) is 13.0. The summed E-state index contributed by atoms with van der Waals surface area (Å²) in [6.07, 6.45) is 2.95. The Hall–Kier alpha value is -1.11. The Bertz CT molecular complexity index is 500. The average Bonchev–Trinajstić information content (AvgIpc) is 3.10. The van der Waals surface area contributed by atoms with Crippen LogP contribution in [0.3, 0.4) is 0 Å². The molecule has 2 saturated heterocycles. The molecule has 0 aromatic carbocycles. The molecule has 0 aromatic heterocycles. The number of rotatable bonds is 3. The Morgan fingerprint density at radius 2 is 2.18 bits per heavy atom. The summed E-state index contributed by atoms with van der Waals surface area (Å²) < 4.78 is 11.4. The molecule has 4 atom stereocenters. The Labute approximate surface area is 130 Å². The molecule has 0 aromatic rings. The van der Waals surface area contributed by atoms with Crippen LogP contribution in [-0.4, -0.2) is 78.5 Å². The molecular formula is C16H24N2O4. The summed E-state index contributed by atoms with van der Waals surface area (Å²) in [5.74, 6) is 0.737. The predicted molar refractivity (Wildman–Crippen MR) is 79.0 cm³/mol. The van der Waals surface area contributed by atoms with Crippen molar-refractivity contribution in [3.8, 4) is 0 Å². The topological polar surface area (TPSA) is 65.5 Å². The maximum absolute atomic E-state index is 12.9. The second-order valence-electron chi connectivity index (χ2n) is 7.00. The van der Waals surface area contributed by atoms with Crippen LogP contribution in [0.25, 0.3) is 0 Å². The van der Waals surface area contributed by atoms with E-state index in [-0.39, 0.29) is 18.1 Å². The van der Waals surface area contributed by atoms with Crippen molar-refractivity contribution in [1.82, 2.24) is 9.80 Å². The van der Waals surface area contributed by atoms with Crippen LogP contribution >= 0.6 is 0 Å². The van der Waals surface area contributed by atoms with E-state index in [0.29, 0.717) is 31.1 Å². The van der Waals surface area contributed by atoms with Gasteiger partial charge in [-0.1, -0.05) is 0 Å². The third-order valence-electron chi connectivity index (χ3n) is 5.88. The number of β-amino-alcohol motifs (C(OH)–C–C–N with tert-alkyl or cyclic N) is 1. The fraction of sp³-hybridized carbons (Fsp3) is 0.812. The summed E-state index contributed by atoms with van der Waals surface area (Å²) in [5.41, 5.74) is 0.772. The highest BCUT2D eigenvalue weighted by Crippen LogP contribution is 2.59. The maximum Gasteiger partial charge on any atom is 0.253 e. The Balaban J connectivity index is 1.42. The van der Waals surface area contributed by atoms with Gasteiger partial charge in [-0.05, 0) is 13.3 Å². The van der Waals surface area contributed by atoms with Gasteiger partial charge in [0, 0.05) is 44.6 Å². The van der Waals surface area contributed by atoms with Gasteiger partial charge < -0.3 is 19.5 Å². The van der Waals surface area contributed by atoms with Crippen LogP contribution in [0.5, 0.6) is 0 Å². The molecule has 6 heteroatoms. The lowest BCUT2D eigenvalue weighted by Crippen LogP contribution is -2.50. The van der Waals surface area contributed by atoms with Crippen LogP contribution in [0.4, 0.5) is 0 Å². The lowest BCUT2D eigenvalue weighted by atomic mass is 9.83. The third kappa shape index (κ3) is 2.16. The number of amides is 1. The third-order valence-corrected chi connectivity index (χ3v) is 5.88. The summed E-state index contributed by atoms with van der Waals surface area (Å²) in [5, 5.41) is 8.99. The number of nitrogens with zero attached hydrogens (tertiary/aromatic N) is 2. The summed E-state index contributed by atoms with van der Waals surface area (Å²) in [6.45, 7) is 6.80. The van der Waals surface area contributed by atoms with Gasteiger partial charge in [-0.3, -0.25) is 9.69 Å². The smallest absolute Gasteiger partial charge is 0.253 e. The van der Waals surface area contributed by atoms with Crippen LogP contribution in [-0.2, 0) is 14.3 Å². The molecule has 4 aliphatic rings. The number of carbonyl (C=O) groups is 1. The molecule has 4 unspecified atom stereocenters. The number of aliphatic hydroxyl groups excluding tert-OH is 1. The molecule has 3 heterocycles. The van der Waals surface area contributed by atoms with Crippen molar-refractivity contribution < 1.29 is 19.4 Å². The molecule has 1 amide bonds. The normalized spacial score (nSPS) is 40.5. The molecule has 1 N–H and O–H groups in total. The fourth-order valence-electron chi connectivity index (χ4n) is 4.34. The van der Waals surface area contributed by atoms with Crippen LogP contribution in [0.15, 0.2) is 11.8 Å². The number of hydrogen-bond donors (Lipinski definition) is 1. The lowest BCUT2D eigenvalue weighted by Gasteiger charge is -2.37. The van der Waals surface area contributed by atoms with Crippen molar-refractivity contribution in [2.45, 2.75) is 25.0 Å². The van der Waals surface area contributed by atoms with Gasteiger partial charge in [0.25, 0.3) is 5.91 Å². The zero-order chi connectivity index (χ0) is 15.3. The molecule has 0 spiro atoms. The van der Waals surface area contributed by atoms with Gasteiger partial charge in [0.05, 0.1) is 36.8 Å². The van der Waals surface area contributed by atoms with Crippen molar-refractivity contribution in [1.29, 1.82) is 0 Å². The second-order valence-corrected chi connectivity index (χ2v) is 7.00. The van der Waals surface area contributed by atoms with Crippen molar-refractivity contribution in [2.24, 2.45) is 11.8 Å². The maximum atomic E-state index is 12.9. The van der Waals surface area contributed by atoms with E-state index in [2.05, 4.69) is 11.8 Å². The van der Waals surface area contributed by atoms with Crippen molar-refractivity contribution in [3.63, 3.8) is 0 Å². The van der Waals surface area contributed by atoms with E-state index in [1.54, 1.807) is 6.26 Å². The molecule has 122 valence electrons. The molecule has 22 heavy (non-hydrogen) atoms. The van der Waals surface area contributed by atoms with Gasteiger partial charge in [0.1, 0.15) is 0 Å². The van der Waals surface area contributed by atoms with Gasteiger partial charge in [-0.2, -0.15) is 0 Å². The number of fused-ring (bicyclic) bond motifs is 3. The largest absolute Gasteiger partial charge is 0.500 e. The monoisotopic (exact) mass is 308 g/mol. The van der Waals surface area contributed by atoms with Gasteiger partial charge in [0.2, 0.25) is 0 Å². The Kier molecular flexibility index (Phi) is 3.43. The number of aliphatic hydroxyl groups is 1. The van der Waals surface area contributed by atoms with Gasteiger partial charge in [0.15, 0.2) is 0 Å². The zero-order valence-electron chi connectivity index (χ0n) is 13.0. The average molecular weight is 308 g/mol. The van der Waals surface area contributed by atoms with Crippen LogP contribution < -0.4 is 0 Å². The minimum Gasteiger partial charge on any atom is -0.500 e. The molecular weight excluding hydrogens is 284 g/mol. The molecule has 0 bridgehead atoms. The quantitative estimate of drug-likeness (QED) is 0.734.